The van der Waals surface area contributed by atoms with Crippen molar-refractivity contribution >= 4 is 0 Å². The van der Waals surface area contributed by atoms with E-state index in [2.05, 4.69) is 28.3 Å². The summed E-state index contributed by atoms with van der Waals surface area (Å²) in [7, 11) is 1.92. The van der Waals surface area contributed by atoms with Crippen molar-refractivity contribution in [3.8, 4) is 5.75 Å². The second-order valence-electron chi connectivity index (χ2n) is 4.08. The third kappa shape index (κ3) is 2.71. The second-order valence-corrected chi connectivity index (χ2v) is 4.08. The first-order valence-corrected chi connectivity index (χ1v) is 6.25. The molecule has 2 rings (SSSR count). The molecule has 0 aliphatic heterocycles. The Morgan fingerprint density at radius 3 is 2.89 bits per heavy atom. The van der Waals surface area contributed by atoms with Crippen LogP contribution in [0, 0.1) is 0 Å². The van der Waals surface area contributed by atoms with Crippen molar-refractivity contribution in [3.05, 3.63) is 48.0 Å². The molecule has 0 aliphatic carbocycles. The first kappa shape index (κ1) is 12.6. The number of hydrogen-bond acceptors (Lipinski definition) is 3. The second kappa shape index (κ2) is 6.21. The fourth-order valence-corrected chi connectivity index (χ4v) is 1.94. The van der Waals surface area contributed by atoms with E-state index >= 15 is 0 Å². The molecule has 1 aromatic heterocycles. The molecule has 2 N–H and O–H groups in total. The standard InChI is InChI=1S/C14H19N3O/c1-3-10-18-12-7-5-4-6-11(12)13(15-2)14-16-8-9-17-14/h4-9,13,15H,3,10H2,1-2H3,(H,16,17). The molecule has 0 saturated carbocycles. The van der Waals surface area contributed by atoms with Crippen LogP contribution < -0.4 is 10.1 Å². The topological polar surface area (TPSA) is 49.9 Å². The quantitative estimate of drug-likeness (QED) is 0.822. The number of benzene rings is 1. The molecule has 0 aliphatic rings. The minimum atomic E-state index is 0.0213. The summed E-state index contributed by atoms with van der Waals surface area (Å²) < 4.78 is 5.79. The van der Waals surface area contributed by atoms with Gasteiger partial charge in [0.05, 0.1) is 12.6 Å². The summed E-state index contributed by atoms with van der Waals surface area (Å²) in [6, 6.07) is 8.09. The molecule has 1 atom stereocenters. The van der Waals surface area contributed by atoms with Crippen molar-refractivity contribution in [2.24, 2.45) is 0 Å². The molecule has 0 bridgehead atoms. The van der Waals surface area contributed by atoms with Crippen LogP contribution in [0.3, 0.4) is 0 Å². The zero-order valence-electron chi connectivity index (χ0n) is 10.8. The summed E-state index contributed by atoms with van der Waals surface area (Å²) in [6.45, 7) is 2.83. The summed E-state index contributed by atoms with van der Waals surface area (Å²) in [5.41, 5.74) is 1.10. The van der Waals surface area contributed by atoms with Crippen molar-refractivity contribution < 1.29 is 4.74 Å². The van der Waals surface area contributed by atoms with Crippen LogP contribution >= 0.6 is 0 Å². The zero-order valence-corrected chi connectivity index (χ0v) is 10.8. The maximum atomic E-state index is 5.79. The van der Waals surface area contributed by atoms with E-state index in [4.69, 9.17) is 4.74 Å². The Labute approximate surface area is 107 Å². The number of aromatic nitrogens is 2. The van der Waals surface area contributed by atoms with Gasteiger partial charge in [0.15, 0.2) is 0 Å². The van der Waals surface area contributed by atoms with Gasteiger partial charge >= 0.3 is 0 Å². The molecule has 2 aromatic rings. The molecule has 1 unspecified atom stereocenters. The van der Waals surface area contributed by atoms with E-state index in [1.165, 1.54) is 0 Å². The molecule has 0 saturated heterocycles. The van der Waals surface area contributed by atoms with Crippen LogP contribution in [0.5, 0.6) is 5.75 Å². The highest BCUT2D eigenvalue weighted by Crippen LogP contribution is 2.28. The number of nitrogens with zero attached hydrogens (tertiary/aromatic N) is 1. The lowest BCUT2D eigenvalue weighted by Crippen LogP contribution is -2.20. The van der Waals surface area contributed by atoms with Crippen molar-refractivity contribution in [3.63, 3.8) is 0 Å². The highest BCUT2D eigenvalue weighted by molar-refractivity contribution is 5.38. The fraction of sp³-hybridized carbons (Fsp3) is 0.357. The Morgan fingerprint density at radius 2 is 2.22 bits per heavy atom. The van der Waals surface area contributed by atoms with E-state index in [9.17, 15) is 0 Å². The smallest absolute Gasteiger partial charge is 0.127 e. The first-order valence-electron chi connectivity index (χ1n) is 6.25. The summed E-state index contributed by atoms with van der Waals surface area (Å²) in [5, 5.41) is 3.26. The number of nitrogens with one attached hydrogen (secondary N) is 2. The minimum Gasteiger partial charge on any atom is -0.493 e. The average molecular weight is 245 g/mol. The highest BCUT2D eigenvalue weighted by Gasteiger charge is 2.18. The summed E-state index contributed by atoms with van der Waals surface area (Å²) >= 11 is 0. The molecule has 4 nitrogen and oxygen atoms in total. The summed E-state index contributed by atoms with van der Waals surface area (Å²) in [5.74, 6) is 1.81. The molecule has 1 aromatic carbocycles. The van der Waals surface area contributed by atoms with Gasteiger partial charge in [0.2, 0.25) is 0 Å². The van der Waals surface area contributed by atoms with Gasteiger partial charge in [0, 0.05) is 18.0 Å². The van der Waals surface area contributed by atoms with Crippen LogP contribution in [0.15, 0.2) is 36.7 Å². The maximum absolute atomic E-state index is 5.79. The van der Waals surface area contributed by atoms with Crippen LogP contribution in [-0.2, 0) is 0 Å². The molecule has 0 spiro atoms. The average Bonchev–Trinajstić information content (AvgIpc) is 2.92. The van der Waals surface area contributed by atoms with E-state index < -0.39 is 0 Å². The molecule has 0 fully saturated rings. The van der Waals surface area contributed by atoms with Gasteiger partial charge in [-0.25, -0.2) is 4.98 Å². The number of rotatable bonds is 6. The fourth-order valence-electron chi connectivity index (χ4n) is 1.94. The van der Waals surface area contributed by atoms with E-state index in [0.717, 1.165) is 30.2 Å². The van der Waals surface area contributed by atoms with Crippen LogP contribution in [0.4, 0.5) is 0 Å². The Balaban J connectivity index is 2.30. The van der Waals surface area contributed by atoms with Crippen molar-refractivity contribution in [1.82, 2.24) is 15.3 Å². The van der Waals surface area contributed by atoms with Crippen LogP contribution in [0.25, 0.3) is 0 Å². The molecular weight excluding hydrogens is 226 g/mol. The van der Waals surface area contributed by atoms with Gasteiger partial charge in [0.1, 0.15) is 11.6 Å². The van der Waals surface area contributed by atoms with Crippen LogP contribution in [0.2, 0.25) is 0 Å². The molecule has 0 amide bonds. The molecule has 96 valence electrons. The number of imidazole rings is 1. The Kier molecular flexibility index (Phi) is 4.36. The lowest BCUT2D eigenvalue weighted by atomic mass is 10.1. The zero-order chi connectivity index (χ0) is 12.8. The number of hydrogen-bond donors (Lipinski definition) is 2. The van der Waals surface area contributed by atoms with E-state index in [1.54, 1.807) is 6.20 Å². The van der Waals surface area contributed by atoms with Crippen LogP contribution in [0.1, 0.15) is 30.8 Å². The number of para-hydroxylation sites is 1. The van der Waals surface area contributed by atoms with Gasteiger partial charge in [-0.3, -0.25) is 0 Å². The SMILES string of the molecule is CCCOc1ccccc1C(NC)c1ncc[nH]1. The van der Waals surface area contributed by atoms with Crippen LogP contribution in [-0.4, -0.2) is 23.6 Å². The molecule has 4 heteroatoms. The largest absolute Gasteiger partial charge is 0.493 e. The van der Waals surface area contributed by atoms with E-state index in [-0.39, 0.29) is 6.04 Å². The number of ether oxygens (including phenoxy) is 1. The van der Waals surface area contributed by atoms with Gasteiger partial charge in [0.25, 0.3) is 0 Å². The first-order chi connectivity index (χ1) is 8.86. The maximum Gasteiger partial charge on any atom is 0.127 e. The molecule has 18 heavy (non-hydrogen) atoms. The molecule has 1 heterocycles. The van der Waals surface area contributed by atoms with Gasteiger partial charge < -0.3 is 15.0 Å². The van der Waals surface area contributed by atoms with Crippen molar-refractivity contribution in [2.45, 2.75) is 19.4 Å². The van der Waals surface area contributed by atoms with E-state index in [0.29, 0.717) is 0 Å². The number of aromatic amines is 1. The summed E-state index contributed by atoms with van der Waals surface area (Å²) in [6.07, 6.45) is 4.59. The molecule has 0 radical (unpaired) electrons. The minimum absolute atomic E-state index is 0.0213. The predicted molar refractivity (Wildman–Crippen MR) is 71.7 cm³/mol. The van der Waals surface area contributed by atoms with Crippen molar-refractivity contribution in [2.75, 3.05) is 13.7 Å². The lowest BCUT2D eigenvalue weighted by Gasteiger charge is -2.18. The predicted octanol–water partition coefficient (Wildman–Crippen LogP) is 2.51. The Bertz CT molecular complexity index is 468. The third-order valence-electron chi connectivity index (χ3n) is 2.77. The van der Waals surface area contributed by atoms with Gasteiger partial charge in [-0.2, -0.15) is 0 Å². The highest BCUT2D eigenvalue weighted by atomic mass is 16.5. The summed E-state index contributed by atoms with van der Waals surface area (Å²) in [4.78, 5) is 7.45. The van der Waals surface area contributed by atoms with Crippen molar-refractivity contribution in [1.29, 1.82) is 0 Å². The van der Waals surface area contributed by atoms with Gasteiger partial charge in [-0.15, -0.1) is 0 Å². The van der Waals surface area contributed by atoms with E-state index in [1.807, 2.05) is 31.4 Å². The van der Waals surface area contributed by atoms with Gasteiger partial charge in [-0.05, 0) is 19.5 Å². The number of H-pyrrole nitrogens is 1. The normalized spacial score (nSPS) is 12.3. The monoisotopic (exact) mass is 245 g/mol. The van der Waals surface area contributed by atoms with Gasteiger partial charge in [-0.1, -0.05) is 25.1 Å². The lowest BCUT2D eigenvalue weighted by molar-refractivity contribution is 0.312. The third-order valence-corrected chi connectivity index (χ3v) is 2.77. The Morgan fingerprint density at radius 1 is 1.39 bits per heavy atom. The Hall–Kier alpha value is -1.81. The molecular formula is C14H19N3O.